The minimum atomic E-state index is -0.303. The zero-order valence-corrected chi connectivity index (χ0v) is 16.5. The molecule has 0 atom stereocenters. The molecule has 0 spiro atoms. The Morgan fingerprint density at radius 1 is 0.741 bits per heavy atom. The first-order chi connectivity index (χ1) is 13.1. The number of halogens is 1. The van der Waals surface area contributed by atoms with Gasteiger partial charge in [0.15, 0.2) is 0 Å². The van der Waals surface area contributed by atoms with Gasteiger partial charge in [0, 0.05) is 9.37 Å². The number of rotatable bonds is 4. The fourth-order valence-corrected chi connectivity index (χ4v) is 4.32. The topological polar surface area (TPSA) is 37.4 Å². The summed E-state index contributed by atoms with van der Waals surface area (Å²) in [6.45, 7) is 0. The molecule has 132 valence electrons. The lowest BCUT2D eigenvalue weighted by Crippen LogP contribution is -2.31. The van der Waals surface area contributed by atoms with Crippen LogP contribution in [0.2, 0.25) is 0 Å². The normalized spacial score (nSPS) is 14.2. The standard InChI is InChI=1S/C22H14BrNO2S/c23-16-10-7-11-17(14-16)24-21(25)19(15-8-3-1-4-9-15)20(22(24)26)27-18-12-5-2-6-13-18/h1-14H. The van der Waals surface area contributed by atoms with Crippen molar-refractivity contribution in [2.45, 2.75) is 4.90 Å². The average Bonchev–Trinajstić information content (AvgIpc) is 2.93. The molecule has 0 bridgehead atoms. The predicted molar refractivity (Wildman–Crippen MR) is 112 cm³/mol. The van der Waals surface area contributed by atoms with E-state index in [-0.39, 0.29) is 11.8 Å². The Labute approximate surface area is 169 Å². The largest absolute Gasteiger partial charge is 0.272 e. The van der Waals surface area contributed by atoms with E-state index in [1.807, 2.05) is 72.8 Å². The van der Waals surface area contributed by atoms with Crippen molar-refractivity contribution in [3.8, 4) is 0 Å². The number of thioether (sulfide) groups is 1. The van der Waals surface area contributed by atoms with Gasteiger partial charge in [-0.05, 0) is 35.9 Å². The van der Waals surface area contributed by atoms with Crippen molar-refractivity contribution in [1.82, 2.24) is 0 Å². The second kappa shape index (κ2) is 7.55. The quantitative estimate of drug-likeness (QED) is 0.505. The summed E-state index contributed by atoms with van der Waals surface area (Å²) in [6, 6.07) is 26.2. The van der Waals surface area contributed by atoms with Gasteiger partial charge in [0.1, 0.15) is 0 Å². The van der Waals surface area contributed by atoms with Crippen LogP contribution >= 0.6 is 27.7 Å². The number of carbonyl (C=O) groups excluding carboxylic acids is 2. The number of nitrogens with zero attached hydrogens (tertiary/aromatic N) is 1. The Kier molecular flexibility index (Phi) is 4.97. The zero-order chi connectivity index (χ0) is 18.8. The molecule has 0 saturated heterocycles. The summed E-state index contributed by atoms with van der Waals surface area (Å²) < 4.78 is 0.811. The van der Waals surface area contributed by atoms with Gasteiger partial charge < -0.3 is 0 Å². The summed E-state index contributed by atoms with van der Waals surface area (Å²) >= 11 is 4.73. The summed E-state index contributed by atoms with van der Waals surface area (Å²) in [5, 5.41) is 0. The first kappa shape index (κ1) is 17.8. The van der Waals surface area contributed by atoms with Gasteiger partial charge in [-0.3, -0.25) is 9.59 Å². The molecule has 1 aliphatic rings. The Bertz CT molecular complexity index is 1050. The van der Waals surface area contributed by atoms with Crippen LogP contribution in [-0.2, 0) is 9.59 Å². The number of imide groups is 1. The van der Waals surface area contributed by atoms with Crippen molar-refractivity contribution in [1.29, 1.82) is 0 Å². The van der Waals surface area contributed by atoms with E-state index in [9.17, 15) is 9.59 Å². The fraction of sp³-hybridized carbons (Fsp3) is 0. The molecule has 3 nitrogen and oxygen atoms in total. The summed E-state index contributed by atoms with van der Waals surface area (Å²) in [5.41, 5.74) is 1.73. The highest BCUT2D eigenvalue weighted by Gasteiger charge is 2.40. The van der Waals surface area contributed by atoms with Crippen LogP contribution in [0.15, 0.2) is 99.2 Å². The molecule has 0 N–H and O–H groups in total. The Balaban J connectivity index is 1.83. The van der Waals surface area contributed by atoms with Crippen LogP contribution in [0.5, 0.6) is 0 Å². The summed E-state index contributed by atoms with van der Waals surface area (Å²) in [4.78, 5) is 29.1. The third-order valence-electron chi connectivity index (χ3n) is 4.13. The van der Waals surface area contributed by atoms with E-state index >= 15 is 0 Å². The van der Waals surface area contributed by atoms with Crippen LogP contribution in [0.3, 0.4) is 0 Å². The van der Waals surface area contributed by atoms with E-state index in [0.29, 0.717) is 16.2 Å². The zero-order valence-electron chi connectivity index (χ0n) is 14.1. The van der Waals surface area contributed by atoms with E-state index in [1.165, 1.54) is 16.7 Å². The first-order valence-electron chi connectivity index (χ1n) is 8.32. The van der Waals surface area contributed by atoms with Crippen molar-refractivity contribution in [3.63, 3.8) is 0 Å². The molecule has 1 aliphatic heterocycles. The van der Waals surface area contributed by atoms with Crippen LogP contribution in [-0.4, -0.2) is 11.8 Å². The maximum Gasteiger partial charge on any atom is 0.272 e. The van der Waals surface area contributed by atoms with Gasteiger partial charge in [-0.15, -0.1) is 0 Å². The third-order valence-corrected chi connectivity index (χ3v) is 5.72. The second-order valence-corrected chi connectivity index (χ2v) is 7.91. The van der Waals surface area contributed by atoms with Crippen molar-refractivity contribution < 1.29 is 9.59 Å². The Morgan fingerprint density at radius 3 is 2.07 bits per heavy atom. The molecule has 0 fully saturated rings. The predicted octanol–water partition coefficient (Wildman–Crippen LogP) is 5.53. The van der Waals surface area contributed by atoms with Crippen molar-refractivity contribution in [2.24, 2.45) is 0 Å². The van der Waals surface area contributed by atoms with E-state index in [2.05, 4.69) is 15.9 Å². The summed E-state index contributed by atoms with van der Waals surface area (Å²) in [5.74, 6) is -0.603. The number of amides is 2. The highest BCUT2D eigenvalue weighted by atomic mass is 79.9. The smallest absolute Gasteiger partial charge is 0.268 e. The number of anilines is 1. The average molecular weight is 436 g/mol. The van der Waals surface area contributed by atoms with E-state index < -0.39 is 0 Å². The fourth-order valence-electron chi connectivity index (χ4n) is 2.92. The molecule has 0 aliphatic carbocycles. The molecule has 3 aromatic rings. The molecule has 1 heterocycles. The molecule has 4 rings (SSSR count). The van der Waals surface area contributed by atoms with E-state index in [4.69, 9.17) is 0 Å². The van der Waals surface area contributed by atoms with Gasteiger partial charge >= 0.3 is 0 Å². The molecular weight excluding hydrogens is 422 g/mol. The summed E-state index contributed by atoms with van der Waals surface area (Å²) in [6.07, 6.45) is 0. The Morgan fingerprint density at radius 2 is 1.41 bits per heavy atom. The lowest BCUT2D eigenvalue weighted by molar-refractivity contribution is -0.119. The molecule has 0 aromatic heterocycles. The number of hydrogen-bond acceptors (Lipinski definition) is 3. The molecule has 0 saturated carbocycles. The summed E-state index contributed by atoms with van der Waals surface area (Å²) in [7, 11) is 0. The molecule has 0 unspecified atom stereocenters. The molecule has 0 radical (unpaired) electrons. The van der Waals surface area contributed by atoms with Crippen LogP contribution in [0, 0.1) is 0 Å². The van der Waals surface area contributed by atoms with Gasteiger partial charge in [0.2, 0.25) is 0 Å². The number of carbonyl (C=O) groups is 2. The van der Waals surface area contributed by atoms with Gasteiger partial charge in [0.05, 0.1) is 16.2 Å². The third kappa shape index (κ3) is 3.48. The maximum atomic E-state index is 13.2. The minimum Gasteiger partial charge on any atom is -0.268 e. The van der Waals surface area contributed by atoms with Crippen LogP contribution in [0.4, 0.5) is 5.69 Å². The van der Waals surface area contributed by atoms with Gasteiger partial charge in [0.25, 0.3) is 11.8 Å². The highest BCUT2D eigenvalue weighted by molar-refractivity contribution is 9.10. The Hall–Kier alpha value is -2.63. The molecule has 5 heteroatoms. The van der Waals surface area contributed by atoms with Crippen molar-refractivity contribution >= 4 is 50.8 Å². The second-order valence-electron chi connectivity index (χ2n) is 5.91. The van der Waals surface area contributed by atoms with E-state index in [1.54, 1.807) is 12.1 Å². The monoisotopic (exact) mass is 435 g/mol. The first-order valence-corrected chi connectivity index (χ1v) is 9.93. The number of benzene rings is 3. The molecule has 2 amide bonds. The highest BCUT2D eigenvalue weighted by Crippen LogP contribution is 2.41. The van der Waals surface area contributed by atoms with E-state index in [0.717, 1.165) is 14.9 Å². The molecule has 3 aromatic carbocycles. The van der Waals surface area contributed by atoms with Crippen molar-refractivity contribution in [2.75, 3.05) is 4.90 Å². The van der Waals surface area contributed by atoms with Gasteiger partial charge in [-0.1, -0.05) is 82.3 Å². The lowest BCUT2D eigenvalue weighted by Gasteiger charge is -2.15. The minimum absolute atomic E-state index is 0.300. The molecular formula is C22H14BrNO2S. The number of hydrogen-bond donors (Lipinski definition) is 0. The molecule has 27 heavy (non-hydrogen) atoms. The van der Waals surface area contributed by atoms with Gasteiger partial charge in [-0.25, -0.2) is 4.90 Å². The van der Waals surface area contributed by atoms with Crippen molar-refractivity contribution in [3.05, 3.63) is 99.9 Å². The van der Waals surface area contributed by atoms with Crippen LogP contribution < -0.4 is 4.90 Å². The maximum absolute atomic E-state index is 13.2. The van der Waals surface area contributed by atoms with Crippen LogP contribution in [0.25, 0.3) is 5.57 Å². The lowest BCUT2D eigenvalue weighted by atomic mass is 10.1. The van der Waals surface area contributed by atoms with Crippen LogP contribution in [0.1, 0.15) is 5.56 Å². The van der Waals surface area contributed by atoms with Gasteiger partial charge in [-0.2, -0.15) is 0 Å². The SMILES string of the molecule is O=C1C(Sc2ccccc2)=C(c2ccccc2)C(=O)N1c1cccc(Br)c1.